The van der Waals surface area contributed by atoms with Gasteiger partial charge in [0.25, 0.3) is 5.91 Å². The van der Waals surface area contributed by atoms with Crippen molar-refractivity contribution in [3.63, 3.8) is 0 Å². The van der Waals surface area contributed by atoms with Gasteiger partial charge in [0.2, 0.25) is 0 Å². The number of amides is 1. The standard InChI is InChI=1S/C13H19N3OS/c14-12-8-10(15-18-12)13(17)16-7-3-5-9-4-1-2-6-11(9)16/h8-9,11H,1-7,14H2. The lowest BCUT2D eigenvalue weighted by Gasteiger charge is -2.43. The number of likely N-dealkylation sites (tertiary alicyclic amines) is 1. The van der Waals surface area contributed by atoms with Gasteiger partial charge in [-0.15, -0.1) is 0 Å². The zero-order chi connectivity index (χ0) is 12.5. The second-order valence-electron chi connectivity index (χ2n) is 5.37. The molecule has 1 aliphatic heterocycles. The van der Waals surface area contributed by atoms with Crippen molar-refractivity contribution in [3.8, 4) is 0 Å². The van der Waals surface area contributed by atoms with E-state index in [1.165, 1.54) is 37.2 Å². The molecular formula is C13H19N3OS. The predicted molar refractivity (Wildman–Crippen MR) is 72.5 cm³/mol. The number of fused-ring (bicyclic) bond motifs is 1. The summed E-state index contributed by atoms with van der Waals surface area (Å²) in [5.74, 6) is 0.798. The van der Waals surface area contributed by atoms with Gasteiger partial charge in [-0.3, -0.25) is 4.79 Å². The van der Waals surface area contributed by atoms with Crippen molar-refractivity contribution >= 4 is 22.4 Å². The van der Waals surface area contributed by atoms with E-state index < -0.39 is 0 Å². The Bertz CT molecular complexity index is 443. The summed E-state index contributed by atoms with van der Waals surface area (Å²) in [5, 5.41) is 0.621. The quantitative estimate of drug-likeness (QED) is 0.848. The Balaban J connectivity index is 1.79. The van der Waals surface area contributed by atoms with Crippen LogP contribution in [-0.2, 0) is 0 Å². The van der Waals surface area contributed by atoms with Gasteiger partial charge in [0.05, 0.1) is 0 Å². The lowest BCUT2D eigenvalue weighted by Crippen LogP contribution is -2.49. The van der Waals surface area contributed by atoms with E-state index in [0.29, 0.717) is 22.7 Å². The van der Waals surface area contributed by atoms with Crippen LogP contribution in [0, 0.1) is 5.92 Å². The minimum Gasteiger partial charge on any atom is -0.389 e. The number of nitrogens with two attached hydrogens (primary N) is 1. The second-order valence-corrected chi connectivity index (χ2v) is 6.20. The first-order chi connectivity index (χ1) is 8.75. The summed E-state index contributed by atoms with van der Waals surface area (Å²) in [7, 11) is 0. The molecule has 2 fully saturated rings. The van der Waals surface area contributed by atoms with Crippen LogP contribution in [0.2, 0.25) is 0 Å². The SMILES string of the molecule is Nc1cc(C(=O)N2CCCC3CCCCC32)ns1. The molecular weight excluding hydrogens is 246 g/mol. The zero-order valence-corrected chi connectivity index (χ0v) is 11.3. The van der Waals surface area contributed by atoms with Crippen molar-refractivity contribution in [3.05, 3.63) is 11.8 Å². The first kappa shape index (κ1) is 12.0. The fourth-order valence-corrected chi connectivity index (χ4v) is 3.91. The van der Waals surface area contributed by atoms with E-state index in [4.69, 9.17) is 5.73 Å². The molecule has 1 aliphatic carbocycles. The van der Waals surface area contributed by atoms with Gasteiger partial charge in [-0.1, -0.05) is 12.8 Å². The van der Waals surface area contributed by atoms with Gasteiger partial charge in [0.1, 0.15) is 10.7 Å². The molecule has 0 bridgehead atoms. The number of aromatic nitrogens is 1. The van der Waals surface area contributed by atoms with Crippen LogP contribution in [0.25, 0.3) is 0 Å². The van der Waals surface area contributed by atoms with Crippen LogP contribution in [0.1, 0.15) is 49.0 Å². The summed E-state index contributed by atoms with van der Waals surface area (Å²) in [6, 6.07) is 2.15. The number of hydrogen-bond donors (Lipinski definition) is 1. The number of nitrogen functional groups attached to an aromatic ring is 1. The molecule has 98 valence electrons. The molecule has 1 saturated heterocycles. The van der Waals surface area contributed by atoms with Crippen LogP contribution in [0.4, 0.5) is 5.00 Å². The molecule has 1 aromatic heterocycles. The van der Waals surface area contributed by atoms with Gasteiger partial charge >= 0.3 is 0 Å². The normalized spacial score (nSPS) is 27.9. The van der Waals surface area contributed by atoms with Crippen molar-refractivity contribution in [2.75, 3.05) is 12.3 Å². The number of anilines is 1. The van der Waals surface area contributed by atoms with Crippen LogP contribution in [-0.4, -0.2) is 27.8 Å². The average molecular weight is 265 g/mol. The monoisotopic (exact) mass is 265 g/mol. The number of piperidine rings is 1. The first-order valence-corrected chi connectivity index (χ1v) is 7.56. The first-order valence-electron chi connectivity index (χ1n) is 6.79. The topological polar surface area (TPSA) is 59.2 Å². The minimum absolute atomic E-state index is 0.0829. The fourth-order valence-electron chi connectivity index (χ4n) is 3.41. The number of carbonyl (C=O) groups excluding carboxylic acids is 1. The zero-order valence-electron chi connectivity index (χ0n) is 10.5. The minimum atomic E-state index is 0.0829. The Labute approximate surface area is 111 Å². The maximum absolute atomic E-state index is 12.5. The third-order valence-corrected chi connectivity index (χ3v) is 4.87. The van der Waals surface area contributed by atoms with Gasteiger partial charge in [-0.05, 0) is 43.1 Å². The van der Waals surface area contributed by atoms with Crippen molar-refractivity contribution in [2.24, 2.45) is 5.92 Å². The average Bonchev–Trinajstić information content (AvgIpc) is 2.84. The molecule has 0 radical (unpaired) electrons. The molecule has 0 aromatic carbocycles. The highest BCUT2D eigenvalue weighted by molar-refractivity contribution is 7.10. The summed E-state index contributed by atoms with van der Waals surface area (Å²) in [4.78, 5) is 14.5. The Morgan fingerprint density at radius 3 is 2.89 bits per heavy atom. The summed E-state index contributed by atoms with van der Waals surface area (Å²) in [6.07, 6.45) is 7.45. The fraction of sp³-hybridized carbons (Fsp3) is 0.692. The Kier molecular flexibility index (Phi) is 3.24. The van der Waals surface area contributed by atoms with Crippen LogP contribution >= 0.6 is 11.5 Å². The summed E-state index contributed by atoms with van der Waals surface area (Å²) >= 11 is 1.21. The van der Waals surface area contributed by atoms with Crippen LogP contribution < -0.4 is 5.73 Å². The molecule has 1 saturated carbocycles. The maximum Gasteiger partial charge on any atom is 0.273 e. The highest BCUT2D eigenvalue weighted by Gasteiger charge is 2.36. The number of hydrogen-bond acceptors (Lipinski definition) is 4. The molecule has 3 rings (SSSR count). The number of nitrogens with zero attached hydrogens (tertiary/aromatic N) is 2. The third-order valence-electron chi connectivity index (χ3n) is 4.25. The molecule has 1 aromatic rings. The molecule has 4 nitrogen and oxygen atoms in total. The van der Waals surface area contributed by atoms with E-state index in [0.717, 1.165) is 19.4 Å². The molecule has 0 spiro atoms. The van der Waals surface area contributed by atoms with Crippen LogP contribution in [0.3, 0.4) is 0 Å². The highest BCUT2D eigenvalue weighted by atomic mass is 32.1. The predicted octanol–water partition coefficient (Wildman–Crippen LogP) is 2.52. The molecule has 2 heterocycles. The van der Waals surface area contributed by atoms with Gasteiger partial charge < -0.3 is 10.6 Å². The van der Waals surface area contributed by atoms with Crippen LogP contribution in [0.5, 0.6) is 0 Å². The molecule has 2 unspecified atom stereocenters. The van der Waals surface area contributed by atoms with E-state index in [1.807, 2.05) is 0 Å². The molecule has 1 amide bonds. The lowest BCUT2D eigenvalue weighted by molar-refractivity contribution is 0.0386. The lowest BCUT2D eigenvalue weighted by atomic mass is 9.78. The Morgan fingerprint density at radius 2 is 2.11 bits per heavy atom. The van der Waals surface area contributed by atoms with Crippen molar-refractivity contribution in [2.45, 2.75) is 44.6 Å². The number of rotatable bonds is 1. The van der Waals surface area contributed by atoms with E-state index >= 15 is 0 Å². The second kappa shape index (κ2) is 4.88. The number of carbonyl (C=O) groups is 1. The van der Waals surface area contributed by atoms with Gasteiger partial charge in [0.15, 0.2) is 0 Å². The summed E-state index contributed by atoms with van der Waals surface area (Å²) < 4.78 is 4.15. The largest absolute Gasteiger partial charge is 0.389 e. The maximum atomic E-state index is 12.5. The van der Waals surface area contributed by atoms with Crippen molar-refractivity contribution in [1.29, 1.82) is 0 Å². The Morgan fingerprint density at radius 1 is 1.33 bits per heavy atom. The van der Waals surface area contributed by atoms with E-state index in [9.17, 15) is 4.79 Å². The van der Waals surface area contributed by atoms with Gasteiger partial charge in [0, 0.05) is 18.7 Å². The van der Waals surface area contributed by atoms with E-state index in [2.05, 4.69) is 9.27 Å². The van der Waals surface area contributed by atoms with Crippen molar-refractivity contribution < 1.29 is 4.79 Å². The van der Waals surface area contributed by atoms with Gasteiger partial charge in [-0.2, -0.15) is 4.37 Å². The van der Waals surface area contributed by atoms with Crippen LogP contribution in [0.15, 0.2) is 6.07 Å². The van der Waals surface area contributed by atoms with Gasteiger partial charge in [-0.25, -0.2) is 0 Å². The summed E-state index contributed by atoms with van der Waals surface area (Å²) in [5.41, 5.74) is 6.19. The molecule has 2 aliphatic rings. The molecule has 18 heavy (non-hydrogen) atoms. The highest BCUT2D eigenvalue weighted by Crippen LogP contribution is 2.36. The van der Waals surface area contributed by atoms with E-state index in [1.54, 1.807) is 6.07 Å². The molecule has 2 atom stereocenters. The molecule has 2 N–H and O–H groups in total. The van der Waals surface area contributed by atoms with E-state index in [-0.39, 0.29) is 5.91 Å². The van der Waals surface area contributed by atoms with Crippen molar-refractivity contribution in [1.82, 2.24) is 9.27 Å². The third kappa shape index (κ3) is 2.11. The Hall–Kier alpha value is -1.10. The summed E-state index contributed by atoms with van der Waals surface area (Å²) in [6.45, 7) is 0.886. The smallest absolute Gasteiger partial charge is 0.273 e. The molecule has 5 heteroatoms.